The van der Waals surface area contributed by atoms with Crippen molar-refractivity contribution in [3.05, 3.63) is 0 Å². The van der Waals surface area contributed by atoms with Gasteiger partial charge in [-0.05, 0) is 52.4 Å². The zero-order chi connectivity index (χ0) is 19.9. The summed E-state index contributed by atoms with van der Waals surface area (Å²) in [5.74, 6) is 2.03. The number of aliphatic imine (C=N–C) groups is 1. The molecule has 7 nitrogen and oxygen atoms in total. The second-order valence-corrected chi connectivity index (χ2v) is 8.81. The summed E-state index contributed by atoms with van der Waals surface area (Å²) in [5.41, 5.74) is -0.437. The summed E-state index contributed by atoms with van der Waals surface area (Å²) >= 11 is 0. The summed E-state index contributed by atoms with van der Waals surface area (Å²) in [7, 11) is 3.91. The highest BCUT2D eigenvalue weighted by atomic mass is 127. The number of nitrogens with zero attached hydrogens (tertiary/aromatic N) is 3. The predicted octanol–water partition coefficient (Wildman–Crippen LogP) is 3.19. The van der Waals surface area contributed by atoms with Gasteiger partial charge in [-0.1, -0.05) is 0 Å². The van der Waals surface area contributed by atoms with Gasteiger partial charge in [0.05, 0.1) is 6.61 Å². The van der Waals surface area contributed by atoms with Crippen molar-refractivity contribution >= 4 is 36.0 Å². The first-order valence-electron chi connectivity index (χ1n) is 10.3. The molecule has 0 aromatic heterocycles. The third-order valence-electron chi connectivity index (χ3n) is 5.14. The van der Waals surface area contributed by atoms with Crippen molar-refractivity contribution in [2.75, 3.05) is 53.5 Å². The Balaban J connectivity index is 0.00000392. The molecule has 2 unspecified atom stereocenters. The Morgan fingerprint density at radius 1 is 1.32 bits per heavy atom. The maximum absolute atomic E-state index is 12.3. The van der Waals surface area contributed by atoms with Gasteiger partial charge in [0.25, 0.3) is 0 Å². The fourth-order valence-corrected chi connectivity index (χ4v) is 3.77. The van der Waals surface area contributed by atoms with E-state index in [1.807, 2.05) is 32.7 Å². The average molecular weight is 510 g/mol. The minimum atomic E-state index is -0.437. The number of nitrogens with one attached hydrogen (secondary N) is 1. The number of amides is 1. The first-order chi connectivity index (χ1) is 12.8. The molecule has 2 rings (SSSR count). The minimum absolute atomic E-state index is 0. The van der Waals surface area contributed by atoms with E-state index in [1.165, 1.54) is 0 Å². The van der Waals surface area contributed by atoms with E-state index in [0.717, 1.165) is 71.0 Å². The van der Waals surface area contributed by atoms with E-state index in [4.69, 9.17) is 9.47 Å². The smallest absolute Gasteiger partial charge is 0.410 e. The van der Waals surface area contributed by atoms with Gasteiger partial charge in [0.15, 0.2) is 5.96 Å². The van der Waals surface area contributed by atoms with Crippen LogP contribution < -0.4 is 5.32 Å². The van der Waals surface area contributed by atoms with E-state index in [0.29, 0.717) is 11.8 Å². The van der Waals surface area contributed by atoms with Gasteiger partial charge in [-0.25, -0.2) is 4.79 Å². The molecule has 0 saturated carbocycles. The Morgan fingerprint density at radius 3 is 2.68 bits per heavy atom. The van der Waals surface area contributed by atoms with Crippen molar-refractivity contribution in [3.63, 3.8) is 0 Å². The molecule has 0 bridgehead atoms. The van der Waals surface area contributed by atoms with Crippen LogP contribution in [-0.4, -0.2) is 80.9 Å². The third kappa shape index (κ3) is 8.71. The van der Waals surface area contributed by atoms with Gasteiger partial charge in [0.1, 0.15) is 5.60 Å². The first-order valence-corrected chi connectivity index (χ1v) is 10.3. The number of ether oxygens (including phenoxy) is 2. The molecule has 2 aliphatic heterocycles. The number of carbonyl (C=O) groups is 1. The van der Waals surface area contributed by atoms with Gasteiger partial charge in [-0.3, -0.25) is 4.99 Å². The zero-order valence-electron chi connectivity index (χ0n) is 18.2. The molecule has 2 fully saturated rings. The van der Waals surface area contributed by atoms with E-state index < -0.39 is 5.60 Å². The number of halogens is 1. The van der Waals surface area contributed by atoms with Crippen molar-refractivity contribution in [2.45, 2.75) is 52.1 Å². The zero-order valence-corrected chi connectivity index (χ0v) is 20.5. The molecule has 0 aromatic rings. The summed E-state index contributed by atoms with van der Waals surface area (Å²) in [6.45, 7) is 10.9. The number of guanidine groups is 1. The Labute approximate surface area is 187 Å². The predicted molar refractivity (Wildman–Crippen MR) is 123 cm³/mol. The van der Waals surface area contributed by atoms with E-state index in [9.17, 15) is 4.79 Å². The number of hydrogen-bond donors (Lipinski definition) is 1. The first kappa shape index (κ1) is 25.3. The van der Waals surface area contributed by atoms with Crippen molar-refractivity contribution in [1.29, 1.82) is 0 Å². The molecule has 8 heteroatoms. The van der Waals surface area contributed by atoms with E-state index in [1.54, 1.807) is 0 Å². The van der Waals surface area contributed by atoms with E-state index in [2.05, 4.69) is 22.3 Å². The molecule has 1 N–H and O–H groups in total. The average Bonchev–Trinajstić information content (AvgIpc) is 3.10. The summed E-state index contributed by atoms with van der Waals surface area (Å²) in [5, 5.41) is 3.47. The molecular formula is C20H39IN4O3. The summed E-state index contributed by atoms with van der Waals surface area (Å²) in [4.78, 5) is 20.7. The topological polar surface area (TPSA) is 66.4 Å². The van der Waals surface area contributed by atoms with Gasteiger partial charge < -0.3 is 24.6 Å². The molecule has 2 heterocycles. The molecule has 2 aliphatic rings. The minimum Gasteiger partial charge on any atom is -0.444 e. The van der Waals surface area contributed by atoms with Crippen molar-refractivity contribution in [1.82, 2.24) is 15.1 Å². The fourth-order valence-electron chi connectivity index (χ4n) is 3.77. The van der Waals surface area contributed by atoms with Gasteiger partial charge in [-0.2, -0.15) is 0 Å². The molecule has 2 saturated heterocycles. The number of hydrogen-bond acceptors (Lipinski definition) is 4. The van der Waals surface area contributed by atoms with E-state index >= 15 is 0 Å². The number of likely N-dealkylation sites (tertiary alicyclic amines) is 1. The van der Waals surface area contributed by atoms with Gasteiger partial charge >= 0.3 is 6.09 Å². The SMILES string of the molecule is CN=C(NCCC1CCCN(C(=O)OC(C)(C)C)C1)N(C)CC1CCOC1.I. The highest BCUT2D eigenvalue weighted by molar-refractivity contribution is 14.0. The molecule has 0 radical (unpaired) electrons. The molecule has 0 spiro atoms. The van der Waals surface area contributed by atoms with Gasteiger partial charge in [0, 0.05) is 52.8 Å². The van der Waals surface area contributed by atoms with Crippen LogP contribution in [0.3, 0.4) is 0 Å². The van der Waals surface area contributed by atoms with Crippen LogP contribution in [0.25, 0.3) is 0 Å². The van der Waals surface area contributed by atoms with Gasteiger partial charge in [0.2, 0.25) is 0 Å². The van der Waals surface area contributed by atoms with Crippen molar-refractivity contribution < 1.29 is 14.3 Å². The number of carbonyl (C=O) groups excluding carboxylic acids is 1. The van der Waals surface area contributed by atoms with Crippen LogP contribution in [0.15, 0.2) is 4.99 Å². The lowest BCUT2D eigenvalue weighted by Crippen LogP contribution is -2.44. The number of rotatable bonds is 5. The van der Waals surface area contributed by atoms with Crippen molar-refractivity contribution in [3.8, 4) is 0 Å². The van der Waals surface area contributed by atoms with Crippen LogP contribution in [0.1, 0.15) is 46.5 Å². The molecule has 0 aromatic carbocycles. The molecule has 1 amide bonds. The lowest BCUT2D eigenvalue weighted by atomic mass is 9.95. The molecule has 2 atom stereocenters. The molecule has 0 aliphatic carbocycles. The Bertz CT molecular complexity index is 504. The highest BCUT2D eigenvalue weighted by Crippen LogP contribution is 2.21. The van der Waals surface area contributed by atoms with Crippen LogP contribution in [-0.2, 0) is 9.47 Å². The molecule has 164 valence electrons. The summed E-state index contributed by atoms with van der Waals surface area (Å²) < 4.78 is 11.0. The molecule has 28 heavy (non-hydrogen) atoms. The maximum Gasteiger partial charge on any atom is 0.410 e. The van der Waals surface area contributed by atoms with Crippen LogP contribution in [0.2, 0.25) is 0 Å². The monoisotopic (exact) mass is 510 g/mol. The second-order valence-electron chi connectivity index (χ2n) is 8.81. The maximum atomic E-state index is 12.3. The summed E-state index contributed by atoms with van der Waals surface area (Å²) in [6, 6.07) is 0. The normalized spacial score (nSPS) is 23.2. The number of piperidine rings is 1. The van der Waals surface area contributed by atoms with E-state index in [-0.39, 0.29) is 30.1 Å². The Morgan fingerprint density at radius 2 is 2.07 bits per heavy atom. The molecular weight excluding hydrogens is 471 g/mol. The lowest BCUT2D eigenvalue weighted by Gasteiger charge is -2.34. The summed E-state index contributed by atoms with van der Waals surface area (Å²) in [6.07, 6.45) is 4.17. The standard InChI is InChI=1S/C20H38N4O3.HI/c1-20(2,3)27-19(25)24-11-6-7-16(14-24)8-10-22-18(21-4)23(5)13-17-9-12-26-15-17;/h16-17H,6-15H2,1-5H3,(H,21,22);1H. The third-order valence-corrected chi connectivity index (χ3v) is 5.14. The fraction of sp³-hybridized carbons (Fsp3) is 0.900. The lowest BCUT2D eigenvalue weighted by molar-refractivity contribution is 0.0162. The second kappa shape index (κ2) is 12.0. The Hall–Kier alpha value is -0.770. The van der Waals surface area contributed by atoms with Crippen LogP contribution in [0.4, 0.5) is 4.79 Å². The van der Waals surface area contributed by atoms with Crippen LogP contribution in [0.5, 0.6) is 0 Å². The Kier molecular flexibility index (Phi) is 10.9. The van der Waals surface area contributed by atoms with Crippen molar-refractivity contribution in [2.24, 2.45) is 16.8 Å². The van der Waals surface area contributed by atoms with Crippen LogP contribution in [0, 0.1) is 11.8 Å². The van der Waals surface area contributed by atoms with Crippen LogP contribution >= 0.6 is 24.0 Å². The highest BCUT2D eigenvalue weighted by Gasteiger charge is 2.27. The quantitative estimate of drug-likeness (QED) is 0.350. The van der Waals surface area contributed by atoms with Gasteiger partial charge in [-0.15, -0.1) is 24.0 Å². The largest absolute Gasteiger partial charge is 0.444 e.